The van der Waals surface area contributed by atoms with Crippen molar-refractivity contribution < 1.29 is 9.84 Å². The highest BCUT2D eigenvalue weighted by molar-refractivity contribution is 7.99. The monoisotopic (exact) mass is 247 g/mol. The largest absolute Gasteiger partial charge is 0.394 e. The molecule has 16 heavy (non-hydrogen) atoms. The van der Waals surface area contributed by atoms with Crippen LogP contribution in [0.2, 0.25) is 0 Å². The Labute approximate surface area is 103 Å². The number of hydrogen-bond acceptors (Lipinski definition) is 4. The number of ether oxygens (including phenoxy) is 1. The van der Waals surface area contributed by atoms with Gasteiger partial charge in [0.2, 0.25) is 0 Å². The van der Waals surface area contributed by atoms with Gasteiger partial charge in [-0.2, -0.15) is 11.8 Å². The van der Waals surface area contributed by atoms with Gasteiger partial charge in [-0.05, 0) is 30.6 Å². The van der Waals surface area contributed by atoms with E-state index in [2.05, 4.69) is 30.9 Å². The molecule has 1 atom stereocenters. The lowest BCUT2D eigenvalue weighted by molar-refractivity contribution is 0.0902. The summed E-state index contributed by atoms with van der Waals surface area (Å²) in [4.78, 5) is 0. The predicted molar refractivity (Wildman–Crippen MR) is 70.0 cm³/mol. The fraction of sp³-hybridized carbons (Fsp3) is 1.00. The summed E-state index contributed by atoms with van der Waals surface area (Å²) in [5.74, 6) is 2.52. The molecule has 0 aromatic rings. The molecule has 1 fully saturated rings. The van der Waals surface area contributed by atoms with E-state index in [1.807, 2.05) is 0 Å². The van der Waals surface area contributed by atoms with Crippen LogP contribution in [0.4, 0.5) is 0 Å². The number of aliphatic hydroxyl groups is 1. The molecule has 0 saturated carbocycles. The van der Waals surface area contributed by atoms with Crippen LogP contribution in [-0.4, -0.2) is 49.0 Å². The van der Waals surface area contributed by atoms with Crippen molar-refractivity contribution in [2.45, 2.75) is 32.7 Å². The SMILES string of the molecule is CC1(C)CSCC(NCCCOCCO)C1. The summed E-state index contributed by atoms with van der Waals surface area (Å²) in [6.07, 6.45) is 2.30. The summed E-state index contributed by atoms with van der Waals surface area (Å²) in [6.45, 7) is 7.05. The van der Waals surface area contributed by atoms with Gasteiger partial charge in [0.1, 0.15) is 0 Å². The zero-order chi connectivity index (χ0) is 11.9. The van der Waals surface area contributed by atoms with Gasteiger partial charge < -0.3 is 15.2 Å². The van der Waals surface area contributed by atoms with Gasteiger partial charge >= 0.3 is 0 Å². The molecule has 1 rings (SSSR count). The van der Waals surface area contributed by atoms with E-state index in [9.17, 15) is 0 Å². The van der Waals surface area contributed by atoms with Crippen molar-refractivity contribution in [3.8, 4) is 0 Å². The number of thioether (sulfide) groups is 1. The Hall–Kier alpha value is 0.230. The molecule has 0 aromatic heterocycles. The van der Waals surface area contributed by atoms with Gasteiger partial charge in [0, 0.05) is 18.4 Å². The molecule has 4 heteroatoms. The molecule has 3 nitrogen and oxygen atoms in total. The smallest absolute Gasteiger partial charge is 0.0697 e. The first-order valence-electron chi connectivity index (χ1n) is 6.14. The number of rotatable bonds is 7. The van der Waals surface area contributed by atoms with Crippen molar-refractivity contribution in [3.63, 3.8) is 0 Å². The average molecular weight is 247 g/mol. The topological polar surface area (TPSA) is 41.5 Å². The van der Waals surface area contributed by atoms with Crippen LogP contribution < -0.4 is 5.32 Å². The van der Waals surface area contributed by atoms with Gasteiger partial charge in [-0.25, -0.2) is 0 Å². The second-order valence-corrected chi connectivity index (χ2v) is 6.25. The molecular formula is C12H25NO2S. The van der Waals surface area contributed by atoms with Crippen molar-refractivity contribution >= 4 is 11.8 Å². The quantitative estimate of drug-likeness (QED) is 0.669. The van der Waals surface area contributed by atoms with Gasteiger partial charge in [-0.3, -0.25) is 0 Å². The fourth-order valence-corrected chi connectivity index (χ4v) is 3.35. The van der Waals surface area contributed by atoms with E-state index >= 15 is 0 Å². The van der Waals surface area contributed by atoms with E-state index in [0.29, 0.717) is 18.1 Å². The number of nitrogens with one attached hydrogen (secondary N) is 1. The van der Waals surface area contributed by atoms with Crippen molar-refractivity contribution in [3.05, 3.63) is 0 Å². The van der Waals surface area contributed by atoms with Crippen molar-refractivity contribution in [2.24, 2.45) is 5.41 Å². The molecule has 0 aliphatic carbocycles. The molecule has 1 heterocycles. The molecule has 1 saturated heterocycles. The van der Waals surface area contributed by atoms with Crippen LogP contribution in [0.15, 0.2) is 0 Å². The zero-order valence-electron chi connectivity index (χ0n) is 10.5. The minimum Gasteiger partial charge on any atom is -0.394 e. The van der Waals surface area contributed by atoms with E-state index < -0.39 is 0 Å². The van der Waals surface area contributed by atoms with Crippen molar-refractivity contribution in [1.29, 1.82) is 0 Å². The maximum atomic E-state index is 8.54. The molecule has 1 aliphatic rings. The van der Waals surface area contributed by atoms with Crippen LogP contribution in [0, 0.1) is 5.41 Å². The molecule has 0 radical (unpaired) electrons. The Balaban J connectivity index is 2.00. The van der Waals surface area contributed by atoms with Crippen LogP contribution in [0.3, 0.4) is 0 Å². The molecule has 96 valence electrons. The lowest BCUT2D eigenvalue weighted by Crippen LogP contribution is -2.40. The lowest BCUT2D eigenvalue weighted by Gasteiger charge is -2.35. The van der Waals surface area contributed by atoms with E-state index in [1.165, 1.54) is 17.9 Å². The second kappa shape index (κ2) is 7.54. The molecule has 0 aromatic carbocycles. The van der Waals surface area contributed by atoms with Gasteiger partial charge in [-0.1, -0.05) is 13.8 Å². The normalized spacial score (nSPS) is 24.6. The standard InChI is InChI=1S/C12H25NO2S/c1-12(2)8-11(9-16-10-12)13-4-3-6-15-7-5-14/h11,13-14H,3-10H2,1-2H3. The van der Waals surface area contributed by atoms with Crippen LogP contribution in [0.5, 0.6) is 0 Å². The van der Waals surface area contributed by atoms with Crippen LogP contribution >= 0.6 is 11.8 Å². The lowest BCUT2D eigenvalue weighted by atomic mass is 9.88. The third-order valence-electron chi connectivity index (χ3n) is 2.74. The summed E-state index contributed by atoms with van der Waals surface area (Å²) in [7, 11) is 0. The molecule has 0 bridgehead atoms. The zero-order valence-corrected chi connectivity index (χ0v) is 11.3. The second-order valence-electron chi connectivity index (χ2n) is 5.22. The van der Waals surface area contributed by atoms with E-state index in [4.69, 9.17) is 9.84 Å². The van der Waals surface area contributed by atoms with E-state index in [0.717, 1.165) is 19.6 Å². The van der Waals surface area contributed by atoms with Crippen LogP contribution in [0.1, 0.15) is 26.7 Å². The first kappa shape index (κ1) is 14.3. The first-order valence-corrected chi connectivity index (χ1v) is 7.29. The molecule has 2 N–H and O–H groups in total. The Morgan fingerprint density at radius 2 is 2.25 bits per heavy atom. The summed E-state index contributed by atoms with van der Waals surface area (Å²) >= 11 is 2.06. The molecule has 1 unspecified atom stereocenters. The first-order chi connectivity index (χ1) is 7.64. The fourth-order valence-electron chi connectivity index (χ4n) is 2.04. The Bertz CT molecular complexity index is 188. The van der Waals surface area contributed by atoms with E-state index in [-0.39, 0.29) is 6.61 Å². The highest BCUT2D eigenvalue weighted by Crippen LogP contribution is 2.33. The summed E-state index contributed by atoms with van der Waals surface area (Å²) in [5, 5.41) is 12.1. The molecule has 0 amide bonds. The van der Waals surface area contributed by atoms with Crippen LogP contribution in [0.25, 0.3) is 0 Å². The Morgan fingerprint density at radius 3 is 2.94 bits per heavy atom. The maximum Gasteiger partial charge on any atom is 0.0697 e. The minimum absolute atomic E-state index is 0.126. The summed E-state index contributed by atoms with van der Waals surface area (Å²) in [6, 6.07) is 0.659. The predicted octanol–water partition coefficient (Wildman–Crippen LogP) is 1.51. The average Bonchev–Trinajstić information content (AvgIpc) is 2.22. The minimum atomic E-state index is 0.126. The molecule has 1 aliphatic heterocycles. The van der Waals surface area contributed by atoms with Crippen LogP contribution in [-0.2, 0) is 4.74 Å². The Morgan fingerprint density at radius 1 is 1.44 bits per heavy atom. The third-order valence-corrected chi connectivity index (χ3v) is 4.37. The summed E-state index contributed by atoms with van der Waals surface area (Å²) < 4.78 is 5.22. The van der Waals surface area contributed by atoms with Gasteiger partial charge in [0.25, 0.3) is 0 Å². The van der Waals surface area contributed by atoms with E-state index in [1.54, 1.807) is 0 Å². The maximum absolute atomic E-state index is 8.54. The summed E-state index contributed by atoms with van der Waals surface area (Å²) in [5.41, 5.74) is 0.480. The third kappa shape index (κ3) is 6.09. The molecular weight excluding hydrogens is 222 g/mol. The Kier molecular flexibility index (Phi) is 6.73. The van der Waals surface area contributed by atoms with Crippen molar-refractivity contribution in [2.75, 3.05) is 37.9 Å². The number of hydrogen-bond donors (Lipinski definition) is 2. The van der Waals surface area contributed by atoms with Gasteiger partial charge in [0.05, 0.1) is 13.2 Å². The highest BCUT2D eigenvalue weighted by Gasteiger charge is 2.27. The van der Waals surface area contributed by atoms with Gasteiger partial charge in [0.15, 0.2) is 0 Å². The number of aliphatic hydroxyl groups excluding tert-OH is 1. The highest BCUT2D eigenvalue weighted by atomic mass is 32.2. The van der Waals surface area contributed by atoms with Gasteiger partial charge in [-0.15, -0.1) is 0 Å². The molecule has 0 spiro atoms. The van der Waals surface area contributed by atoms with Crippen molar-refractivity contribution in [1.82, 2.24) is 5.32 Å².